The van der Waals surface area contributed by atoms with Gasteiger partial charge in [0.15, 0.2) is 0 Å². The Hall–Kier alpha value is -4.06. The molecule has 0 fully saturated rings. The minimum absolute atomic E-state index is 0.00418. The number of nitrogens with zero attached hydrogens (tertiary/aromatic N) is 1. The Morgan fingerprint density at radius 2 is 1.70 bits per heavy atom. The zero-order valence-corrected chi connectivity index (χ0v) is 16.6. The average Bonchev–Trinajstić information content (AvgIpc) is 2.70. The lowest BCUT2D eigenvalue weighted by Gasteiger charge is -2.24. The van der Waals surface area contributed by atoms with Crippen molar-refractivity contribution in [1.29, 1.82) is 0 Å². The van der Waals surface area contributed by atoms with E-state index in [0.717, 1.165) is 21.7 Å². The van der Waals surface area contributed by atoms with Crippen LogP contribution in [0.15, 0.2) is 54.6 Å². The van der Waals surface area contributed by atoms with Crippen LogP contribution in [0.3, 0.4) is 0 Å². The summed E-state index contributed by atoms with van der Waals surface area (Å²) in [6, 6.07) is 15.8. The molecule has 0 unspecified atom stereocenters. The molecule has 3 N–H and O–H groups in total. The smallest absolute Gasteiger partial charge is 0.336 e. The molecule has 0 bridgehead atoms. The van der Waals surface area contributed by atoms with E-state index in [2.05, 4.69) is 6.58 Å². The minimum Gasteiger partial charge on any atom is -0.478 e. The van der Waals surface area contributed by atoms with E-state index < -0.39 is 11.9 Å². The van der Waals surface area contributed by atoms with Gasteiger partial charge in [-0.25, -0.2) is 4.79 Å². The van der Waals surface area contributed by atoms with Crippen LogP contribution in [0.2, 0.25) is 0 Å². The standard InChI is InChI=1S/C24H20N2O4/c1-13-4-7-17-20(10-13)30-21-12-15(26(2)3)6-9-18(21)22(17)16-8-5-14(23(25)27)11-19(16)24(28)29/h4-12H,1H2,2-3H3,(H2,25,27)(H,28,29). The topological polar surface area (TPSA) is 92.9 Å². The van der Waals surface area contributed by atoms with Crippen LogP contribution < -0.4 is 25.8 Å². The Balaban J connectivity index is 2.10. The monoisotopic (exact) mass is 400 g/mol. The summed E-state index contributed by atoms with van der Waals surface area (Å²) in [5.41, 5.74) is 8.40. The van der Waals surface area contributed by atoms with Crippen LogP contribution in [0.5, 0.6) is 11.5 Å². The van der Waals surface area contributed by atoms with Gasteiger partial charge in [-0.15, -0.1) is 0 Å². The summed E-state index contributed by atoms with van der Waals surface area (Å²) in [6.07, 6.45) is 0. The van der Waals surface area contributed by atoms with Gasteiger partial charge in [0.1, 0.15) is 11.5 Å². The fraction of sp³-hybridized carbons (Fsp3) is 0.0833. The number of fused-ring (bicyclic) bond motifs is 2. The lowest BCUT2D eigenvalue weighted by Crippen LogP contribution is -2.21. The normalized spacial score (nSPS) is 11.9. The highest BCUT2D eigenvalue weighted by atomic mass is 16.5. The van der Waals surface area contributed by atoms with E-state index in [1.54, 1.807) is 6.07 Å². The molecule has 1 aliphatic rings. The summed E-state index contributed by atoms with van der Waals surface area (Å²) in [4.78, 5) is 25.6. The van der Waals surface area contributed by atoms with Gasteiger partial charge in [0, 0.05) is 47.8 Å². The summed E-state index contributed by atoms with van der Waals surface area (Å²) in [5.74, 6) is -0.617. The molecule has 150 valence electrons. The van der Waals surface area contributed by atoms with Crippen LogP contribution in [0, 0.1) is 0 Å². The number of hydrogen-bond acceptors (Lipinski definition) is 4. The Bertz CT molecular complexity index is 1330. The maximum Gasteiger partial charge on any atom is 0.336 e. The maximum absolute atomic E-state index is 12.0. The number of carbonyl (C=O) groups excluding carboxylic acids is 1. The molecular formula is C24H20N2O4. The SMILES string of the molecule is C=c1ccc2c(c1)Oc1cc(N(C)C)ccc1C=2c1ccc(C(N)=O)cc1C(=O)O. The zero-order chi connectivity index (χ0) is 21.6. The highest BCUT2D eigenvalue weighted by Gasteiger charge is 2.25. The third kappa shape index (κ3) is 3.18. The van der Waals surface area contributed by atoms with Gasteiger partial charge >= 0.3 is 5.97 Å². The van der Waals surface area contributed by atoms with E-state index in [9.17, 15) is 14.7 Å². The van der Waals surface area contributed by atoms with Gasteiger partial charge in [-0.3, -0.25) is 4.79 Å². The maximum atomic E-state index is 12.0. The molecule has 1 heterocycles. The predicted molar refractivity (Wildman–Crippen MR) is 116 cm³/mol. The number of nitrogens with two attached hydrogens (primary N) is 1. The van der Waals surface area contributed by atoms with Crippen molar-refractivity contribution in [2.45, 2.75) is 0 Å². The van der Waals surface area contributed by atoms with Gasteiger partial charge < -0.3 is 20.5 Å². The van der Waals surface area contributed by atoms with Gasteiger partial charge in [-0.05, 0) is 41.1 Å². The van der Waals surface area contributed by atoms with E-state index in [0.29, 0.717) is 22.6 Å². The molecule has 0 saturated heterocycles. The summed E-state index contributed by atoms with van der Waals surface area (Å²) in [6.45, 7) is 3.96. The molecule has 0 atom stereocenters. The summed E-state index contributed by atoms with van der Waals surface area (Å²) in [7, 11) is 3.87. The van der Waals surface area contributed by atoms with E-state index in [4.69, 9.17) is 10.5 Å². The van der Waals surface area contributed by atoms with Crippen molar-refractivity contribution >= 4 is 29.7 Å². The molecule has 0 aromatic heterocycles. The Labute approximate surface area is 173 Å². The van der Waals surface area contributed by atoms with Gasteiger partial charge in [0.2, 0.25) is 5.91 Å². The number of primary amides is 1. The quantitative estimate of drug-likeness (QED) is 0.548. The number of ether oxygens (including phenoxy) is 1. The molecule has 3 aromatic rings. The zero-order valence-electron chi connectivity index (χ0n) is 16.6. The number of rotatable bonds is 4. The van der Waals surface area contributed by atoms with Crippen molar-refractivity contribution in [1.82, 2.24) is 0 Å². The van der Waals surface area contributed by atoms with Crippen LogP contribution >= 0.6 is 0 Å². The summed E-state index contributed by atoms with van der Waals surface area (Å²) < 4.78 is 6.15. The fourth-order valence-electron chi connectivity index (χ4n) is 3.58. The highest BCUT2D eigenvalue weighted by molar-refractivity contribution is 6.02. The molecule has 30 heavy (non-hydrogen) atoms. The number of benzene rings is 3. The molecule has 4 rings (SSSR count). The van der Waals surface area contributed by atoms with E-state index >= 15 is 0 Å². The number of carboxylic acid groups (broad SMARTS) is 1. The summed E-state index contributed by atoms with van der Waals surface area (Å²) >= 11 is 0. The lowest BCUT2D eigenvalue weighted by atomic mass is 9.88. The first-order valence-corrected chi connectivity index (χ1v) is 9.26. The van der Waals surface area contributed by atoms with E-state index in [-0.39, 0.29) is 11.1 Å². The first kappa shape index (κ1) is 19.3. The third-order valence-electron chi connectivity index (χ3n) is 5.09. The van der Waals surface area contributed by atoms with Crippen LogP contribution in [0.1, 0.15) is 31.8 Å². The Morgan fingerprint density at radius 3 is 2.37 bits per heavy atom. The van der Waals surface area contributed by atoms with Crippen molar-refractivity contribution < 1.29 is 19.4 Å². The first-order valence-electron chi connectivity index (χ1n) is 9.26. The molecule has 3 aromatic carbocycles. The number of anilines is 1. The fourth-order valence-corrected chi connectivity index (χ4v) is 3.58. The summed E-state index contributed by atoms with van der Waals surface area (Å²) in [5, 5.41) is 11.4. The number of amides is 1. The number of carboxylic acids is 1. The van der Waals surface area contributed by atoms with E-state index in [1.807, 2.05) is 55.4 Å². The largest absolute Gasteiger partial charge is 0.478 e. The predicted octanol–water partition coefficient (Wildman–Crippen LogP) is 2.31. The minimum atomic E-state index is -1.14. The second kappa shape index (κ2) is 7.08. The van der Waals surface area contributed by atoms with Gasteiger partial charge in [0.25, 0.3) is 0 Å². The molecule has 6 heteroatoms. The van der Waals surface area contributed by atoms with Crippen molar-refractivity contribution in [3.8, 4) is 11.5 Å². The Morgan fingerprint density at radius 1 is 0.967 bits per heavy atom. The van der Waals surface area contributed by atoms with Crippen molar-refractivity contribution in [2.75, 3.05) is 19.0 Å². The molecule has 0 saturated carbocycles. The van der Waals surface area contributed by atoms with Crippen molar-refractivity contribution in [2.24, 2.45) is 5.73 Å². The number of aromatic carboxylic acids is 1. The number of hydrogen-bond donors (Lipinski definition) is 2. The van der Waals surface area contributed by atoms with Gasteiger partial charge in [-0.1, -0.05) is 24.8 Å². The van der Waals surface area contributed by atoms with Crippen LogP contribution in [-0.2, 0) is 0 Å². The molecule has 1 amide bonds. The van der Waals surface area contributed by atoms with Crippen molar-refractivity contribution in [3.63, 3.8) is 0 Å². The average molecular weight is 400 g/mol. The van der Waals surface area contributed by atoms with Crippen LogP contribution in [-0.4, -0.2) is 31.1 Å². The lowest BCUT2D eigenvalue weighted by molar-refractivity contribution is 0.0696. The number of carbonyl (C=O) groups is 2. The van der Waals surface area contributed by atoms with Crippen LogP contribution in [0.25, 0.3) is 12.2 Å². The molecular weight excluding hydrogens is 380 g/mol. The second-order valence-corrected chi connectivity index (χ2v) is 7.31. The first-order chi connectivity index (χ1) is 14.3. The Kier molecular flexibility index (Phi) is 4.54. The third-order valence-corrected chi connectivity index (χ3v) is 5.09. The highest BCUT2D eigenvalue weighted by Crippen LogP contribution is 2.39. The molecule has 0 radical (unpaired) electrons. The van der Waals surface area contributed by atoms with Crippen LogP contribution in [0.4, 0.5) is 5.69 Å². The van der Waals surface area contributed by atoms with Gasteiger partial charge in [0.05, 0.1) is 5.56 Å². The van der Waals surface area contributed by atoms with Crippen molar-refractivity contribution in [3.05, 3.63) is 87.3 Å². The molecule has 0 aliphatic carbocycles. The van der Waals surface area contributed by atoms with Gasteiger partial charge in [-0.2, -0.15) is 0 Å². The van der Waals surface area contributed by atoms with E-state index in [1.165, 1.54) is 12.1 Å². The molecule has 6 nitrogen and oxygen atoms in total. The second-order valence-electron chi connectivity index (χ2n) is 7.31. The molecule has 1 aliphatic heterocycles. The molecule has 0 spiro atoms.